The van der Waals surface area contributed by atoms with Crippen LogP contribution in [0.1, 0.15) is 12.5 Å². The van der Waals surface area contributed by atoms with Crippen LogP contribution in [0.25, 0.3) is 10.9 Å². The molecule has 0 aromatic carbocycles. The molecule has 0 aliphatic rings. The van der Waals surface area contributed by atoms with E-state index in [-0.39, 0.29) is 5.91 Å². The van der Waals surface area contributed by atoms with Crippen LogP contribution in [0, 0.1) is 0 Å². The molecule has 0 atom stereocenters. The molecule has 1 amide bonds. The Morgan fingerprint density at radius 1 is 1.42 bits per heavy atom. The van der Waals surface area contributed by atoms with Gasteiger partial charge in [-0.25, -0.2) is 0 Å². The van der Waals surface area contributed by atoms with Gasteiger partial charge in [-0.3, -0.25) is 9.78 Å². The lowest BCUT2D eigenvalue weighted by Gasteiger charge is -2.06. The number of hydrogen-bond donors (Lipinski definition) is 2. The summed E-state index contributed by atoms with van der Waals surface area (Å²) in [5.74, 6) is 0.0339. The highest BCUT2D eigenvalue weighted by Crippen LogP contribution is 2.20. The summed E-state index contributed by atoms with van der Waals surface area (Å²) in [5.41, 5.74) is 2.29. The zero-order chi connectivity index (χ0) is 13.7. The predicted octanol–water partition coefficient (Wildman–Crippen LogP) is 0.934. The summed E-state index contributed by atoms with van der Waals surface area (Å²) in [6.07, 6.45) is 6.61. The highest BCUT2D eigenvalue weighted by Gasteiger charge is 2.09. The number of carbonyl (C=O) groups is 1. The Morgan fingerprint density at radius 3 is 3.00 bits per heavy atom. The summed E-state index contributed by atoms with van der Waals surface area (Å²) in [5, 5.41) is 7.02. The fourth-order valence-electron chi connectivity index (χ4n) is 2.16. The van der Waals surface area contributed by atoms with Crippen molar-refractivity contribution < 1.29 is 4.79 Å². The van der Waals surface area contributed by atoms with Gasteiger partial charge < -0.3 is 15.2 Å². The summed E-state index contributed by atoms with van der Waals surface area (Å²) in [6.45, 7) is 3.89. The van der Waals surface area contributed by atoms with Gasteiger partial charge in [0.1, 0.15) is 6.54 Å². The van der Waals surface area contributed by atoms with E-state index in [1.807, 2.05) is 30.1 Å². The van der Waals surface area contributed by atoms with E-state index >= 15 is 0 Å². The lowest BCUT2D eigenvalue weighted by atomic mass is 10.2. The SMILES string of the molecule is CCc1cn(CC(=O)NCCNC)c2ccncc12. The maximum absolute atomic E-state index is 11.9. The molecule has 102 valence electrons. The largest absolute Gasteiger partial charge is 0.353 e. The molecule has 5 nitrogen and oxygen atoms in total. The van der Waals surface area contributed by atoms with Crippen LogP contribution in [-0.4, -0.2) is 35.6 Å². The Morgan fingerprint density at radius 2 is 2.26 bits per heavy atom. The second-order valence-corrected chi connectivity index (χ2v) is 4.48. The maximum Gasteiger partial charge on any atom is 0.239 e. The lowest BCUT2D eigenvalue weighted by Crippen LogP contribution is -2.32. The van der Waals surface area contributed by atoms with Crippen molar-refractivity contribution in [1.82, 2.24) is 20.2 Å². The van der Waals surface area contributed by atoms with Gasteiger partial charge in [-0.05, 0) is 25.1 Å². The molecule has 0 aliphatic heterocycles. The Balaban J connectivity index is 2.14. The third-order valence-corrected chi connectivity index (χ3v) is 3.16. The fraction of sp³-hybridized carbons (Fsp3) is 0.429. The Kier molecular flexibility index (Phi) is 4.52. The molecule has 0 fully saturated rings. The summed E-state index contributed by atoms with van der Waals surface area (Å²) in [6, 6.07) is 1.95. The van der Waals surface area contributed by atoms with Gasteiger partial charge in [-0.2, -0.15) is 0 Å². The number of carbonyl (C=O) groups excluding carboxylic acids is 1. The van der Waals surface area contributed by atoms with Crippen molar-refractivity contribution in [2.75, 3.05) is 20.1 Å². The number of amides is 1. The minimum Gasteiger partial charge on any atom is -0.353 e. The molecule has 0 bridgehead atoms. The van der Waals surface area contributed by atoms with Crippen LogP contribution in [0.15, 0.2) is 24.7 Å². The maximum atomic E-state index is 11.9. The normalized spacial score (nSPS) is 10.8. The van der Waals surface area contributed by atoms with Gasteiger partial charge in [0.05, 0.1) is 5.52 Å². The minimum absolute atomic E-state index is 0.0339. The van der Waals surface area contributed by atoms with Gasteiger partial charge >= 0.3 is 0 Å². The first-order valence-electron chi connectivity index (χ1n) is 6.59. The van der Waals surface area contributed by atoms with Crippen molar-refractivity contribution in [3.8, 4) is 0 Å². The monoisotopic (exact) mass is 260 g/mol. The molecule has 2 N–H and O–H groups in total. The Labute approximate surface area is 113 Å². The van der Waals surface area contributed by atoms with Crippen LogP contribution in [0.5, 0.6) is 0 Å². The van der Waals surface area contributed by atoms with Gasteiger partial charge in [0.15, 0.2) is 0 Å². The van der Waals surface area contributed by atoms with E-state index in [0.717, 1.165) is 23.9 Å². The summed E-state index contributed by atoms with van der Waals surface area (Å²) in [7, 11) is 1.87. The molecule has 0 saturated carbocycles. The van der Waals surface area contributed by atoms with E-state index in [1.54, 1.807) is 6.20 Å². The molecule has 2 aromatic rings. The minimum atomic E-state index is 0.0339. The second-order valence-electron chi connectivity index (χ2n) is 4.48. The van der Waals surface area contributed by atoms with Gasteiger partial charge in [-0.15, -0.1) is 0 Å². The van der Waals surface area contributed by atoms with Gasteiger partial charge in [0.25, 0.3) is 0 Å². The average molecular weight is 260 g/mol. The van der Waals surface area contributed by atoms with E-state index < -0.39 is 0 Å². The number of pyridine rings is 1. The van der Waals surface area contributed by atoms with Crippen LogP contribution < -0.4 is 10.6 Å². The number of nitrogens with one attached hydrogen (secondary N) is 2. The van der Waals surface area contributed by atoms with E-state index in [2.05, 4.69) is 22.5 Å². The third-order valence-electron chi connectivity index (χ3n) is 3.16. The Bertz CT molecular complexity index is 562. The number of fused-ring (bicyclic) bond motifs is 1. The highest BCUT2D eigenvalue weighted by atomic mass is 16.1. The average Bonchev–Trinajstić information content (AvgIpc) is 2.77. The van der Waals surface area contributed by atoms with Gasteiger partial charge in [-0.1, -0.05) is 6.92 Å². The lowest BCUT2D eigenvalue weighted by molar-refractivity contribution is -0.121. The van der Waals surface area contributed by atoms with Crippen molar-refractivity contribution in [3.63, 3.8) is 0 Å². The van der Waals surface area contributed by atoms with Crippen LogP contribution in [0.4, 0.5) is 0 Å². The van der Waals surface area contributed by atoms with Crippen molar-refractivity contribution >= 4 is 16.8 Å². The first kappa shape index (κ1) is 13.5. The van der Waals surface area contributed by atoms with Gasteiger partial charge in [0.2, 0.25) is 5.91 Å². The fourth-order valence-corrected chi connectivity index (χ4v) is 2.16. The summed E-state index contributed by atoms with van der Waals surface area (Å²) >= 11 is 0. The first-order chi connectivity index (χ1) is 9.26. The highest BCUT2D eigenvalue weighted by molar-refractivity contribution is 5.85. The molecule has 2 aromatic heterocycles. The van der Waals surface area contributed by atoms with Crippen molar-refractivity contribution in [2.24, 2.45) is 0 Å². The van der Waals surface area contributed by atoms with E-state index in [9.17, 15) is 4.79 Å². The molecule has 0 aliphatic carbocycles. The predicted molar refractivity (Wildman–Crippen MR) is 76.0 cm³/mol. The zero-order valence-corrected chi connectivity index (χ0v) is 11.4. The second kappa shape index (κ2) is 6.33. The molecule has 2 rings (SSSR count). The molecule has 0 saturated heterocycles. The number of aryl methyl sites for hydroxylation is 1. The van der Waals surface area contributed by atoms with Crippen molar-refractivity contribution in [2.45, 2.75) is 19.9 Å². The Hall–Kier alpha value is -1.88. The molecular formula is C14H20N4O. The summed E-state index contributed by atoms with van der Waals surface area (Å²) in [4.78, 5) is 16.0. The number of aromatic nitrogens is 2. The molecule has 2 heterocycles. The van der Waals surface area contributed by atoms with E-state index in [0.29, 0.717) is 13.1 Å². The molecule has 0 radical (unpaired) electrons. The van der Waals surface area contributed by atoms with Crippen LogP contribution in [0.2, 0.25) is 0 Å². The number of likely N-dealkylation sites (N-methyl/N-ethyl adjacent to an activating group) is 1. The smallest absolute Gasteiger partial charge is 0.239 e. The van der Waals surface area contributed by atoms with Crippen LogP contribution in [0.3, 0.4) is 0 Å². The third kappa shape index (κ3) is 3.12. The van der Waals surface area contributed by atoms with Crippen LogP contribution in [-0.2, 0) is 17.8 Å². The number of nitrogens with zero attached hydrogens (tertiary/aromatic N) is 2. The number of hydrogen-bond acceptors (Lipinski definition) is 3. The standard InChI is InChI=1S/C14H20N4O/c1-3-11-9-18(10-14(19)17-7-6-15-2)13-4-5-16-8-12(11)13/h4-5,8-9,15H,3,6-7,10H2,1-2H3,(H,17,19). The zero-order valence-electron chi connectivity index (χ0n) is 11.4. The quantitative estimate of drug-likeness (QED) is 0.760. The van der Waals surface area contributed by atoms with Crippen molar-refractivity contribution in [1.29, 1.82) is 0 Å². The van der Waals surface area contributed by atoms with E-state index in [1.165, 1.54) is 5.56 Å². The molecule has 0 spiro atoms. The molecule has 5 heteroatoms. The molecular weight excluding hydrogens is 240 g/mol. The van der Waals surface area contributed by atoms with Gasteiger partial charge in [0, 0.05) is 37.1 Å². The first-order valence-corrected chi connectivity index (χ1v) is 6.59. The summed E-state index contributed by atoms with van der Waals surface area (Å²) < 4.78 is 1.99. The van der Waals surface area contributed by atoms with E-state index in [4.69, 9.17) is 0 Å². The molecule has 0 unspecified atom stereocenters. The van der Waals surface area contributed by atoms with Crippen molar-refractivity contribution in [3.05, 3.63) is 30.2 Å². The molecule has 19 heavy (non-hydrogen) atoms. The van der Waals surface area contributed by atoms with Crippen LogP contribution >= 0.6 is 0 Å². The topological polar surface area (TPSA) is 59.0 Å². The number of rotatable bonds is 6.